The molecule has 0 atom stereocenters. The molecule has 1 aliphatic carbocycles. The van der Waals surface area contributed by atoms with Gasteiger partial charge in [0.1, 0.15) is 0 Å². The van der Waals surface area contributed by atoms with Crippen molar-refractivity contribution in [2.75, 3.05) is 0 Å². The van der Waals surface area contributed by atoms with E-state index >= 15 is 0 Å². The Labute approximate surface area is 108 Å². The fourth-order valence-electron chi connectivity index (χ4n) is 3.20. The van der Waals surface area contributed by atoms with Crippen LogP contribution in [0.5, 0.6) is 0 Å². The van der Waals surface area contributed by atoms with Gasteiger partial charge < -0.3 is 9.67 Å². The number of hydrogen-bond donors (Lipinski definition) is 1. The van der Waals surface area contributed by atoms with Gasteiger partial charge in [0.15, 0.2) is 0 Å². The standard InChI is InChI=1S/C16H21NO/c1-16(2,18)14-9-5-6-12-10-11-17(15(12)14)13-7-3-4-8-13/h5-6,9-11,13,18H,3-4,7-8H2,1-2H3. The van der Waals surface area contributed by atoms with Crippen LogP contribution >= 0.6 is 0 Å². The molecule has 0 aliphatic heterocycles. The third kappa shape index (κ3) is 1.85. The van der Waals surface area contributed by atoms with E-state index in [1.807, 2.05) is 26.0 Å². The maximum absolute atomic E-state index is 10.4. The quantitative estimate of drug-likeness (QED) is 0.847. The maximum Gasteiger partial charge on any atom is 0.0860 e. The smallest absolute Gasteiger partial charge is 0.0860 e. The van der Waals surface area contributed by atoms with E-state index in [4.69, 9.17) is 0 Å². The first-order chi connectivity index (χ1) is 8.57. The molecule has 3 rings (SSSR count). The molecule has 0 radical (unpaired) electrons. The van der Waals surface area contributed by atoms with Crippen molar-refractivity contribution in [1.29, 1.82) is 0 Å². The molecule has 1 N–H and O–H groups in total. The van der Waals surface area contributed by atoms with Gasteiger partial charge in [-0.2, -0.15) is 0 Å². The SMILES string of the molecule is CC(C)(O)c1cccc2ccn(C3CCCC3)c12. The predicted molar refractivity (Wildman–Crippen MR) is 74.7 cm³/mol. The Morgan fingerprint density at radius 3 is 2.56 bits per heavy atom. The van der Waals surface area contributed by atoms with E-state index in [0.29, 0.717) is 6.04 Å². The second kappa shape index (κ2) is 4.13. The van der Waals surface area contributed by atoms with E-state index in [1.54, 1.807) is 0 Å². The molecule has 2 aromatic rings. The molecule has 0 amide bonds. The molecule has 1 fully saturated rings. The summed E-state index contributed by atoms with van der Waals surface area (Å²) in [4.78, 5) is 0. The normalized spacial score (nSPS) is 17.7. The molecule has 1 aliphatic rings. The van der Waals surface area contributed by atoms with Gasteiger partial charge in [-0.25, -0.2) is 0 Å². The van der Waals surface area contributed by atoms with Crippen molar-refractivity contribution >= 4 is 10.9 Å². The lowest BCUT2D eigenvalue weighted by molar-refractivity contribution is 0.0797. The first-order valence-electron chi connectivity index (χ1n) is 6.90. The first-order valence-corrected chi connectivity index (χ1v) is 6.90. The van der Waals surface area contributed by atoms with Crippen LogP contribution in [-0.4, -0.2) is 9.67 Å². The number of fused-ring (bicyclic) bond motifs is 1. The van der Waals surface area contributed by atoms with Gasteiger partial charge in [0.05, 0.1) is 11.1 Å². The van der Waals surface area contributed by atoms with E-state index in [-0.39, 0.29) is 0 Å². The Kier molecular flexibility index (Phi) is 2.70. The summed E-state index contributed by atoms with van der Waals surface area (Å²) in [5.41, 5.74) is 1.47. The van der Waals surface area contributed by atoms with Crippen molar-refractivity contribution < 1.29 is 5.11 Å². The van der Waals surface area contributed by atoms with Gasteiger partial charge in [-0.05, 0) is 38.1 Å². The molecule has 1 heterocycles. The highest BCUT2D eigenvalue weighted by Crippen LogP contribution is 2.36. The van der Waals surface area contributed by atoms with Crippen LogP contribution in [0.25, 0.3) is 10.9 Å². The van der Waals surface area contributed by atoms with Crippen molar-refractivity contribution in [2.45, 2.75) is 51.2 Å². The molecule has 0 unspecified atom stereocenters. The van der Waals surface area contributed by atoms with E-state index in [9.17, 15) is 5.11 Å². The summed E-state index contributed by atoms with van der Waals surface area (Å²) in [6, 6.07) is 9.01. The monoisotopic (exact) mass is 243 g/mol. The molecule has 18 heavy (non-hydrogen) atoms. The van der Waals surface area contributed by atoms with Gasteiger partial charge >= 0.3 is 0 Å². The molecule has 1 saturated carbocycles. The van der Waals surface area contributed by atoms with E-state index in [2.05, 4.69) is 22.9 Å². The Balaban J connectivity index is 2.21. The predicted octanol–water partition coefficient (Wildman–Crippen LogP) is 3.98. The first kappa shape index (κ1) is 11.8. The minimum Gasteiger partial charge on any atom is -0.386 e. The summed E-state index contributed by atoms with van der Waals surface area (Å²) in [6.45, 7) is 3.74. The van der Waals surface area contributed by atoms with Crippen LogP contribution in [0.2, 0.25) is 0 Å². The molecule has 2 nitrogen and oxygen atoms in total. The van der Waals surface area contributed by atoms with Gasteiger partial charge in [-0.3, -0.25) is 0 Å². The van der Waals surface area contributed by atoms with Crippen LogP contribution < -0.4 is 0 Å². The maximum atomic E-state index is 10.4. The van der Waals surface area contributed by atoms with Gasteiger partial charge in [0.25, 0.3) is 0 Å². The zero-order valence-electron chi connectivity index (χ0n) is 11.2. The highest BCUT2D eigenvalue weighted by atomic mass is 16.3. The minimum atomic E-state index is -0.784. The lowest BCUT2D eigenvalue weighted by Crippen LogP contribution is -2.17. The topological polar surface area (TPSA) is 25.2 Å². The summed E-state index contributed by atoms with van der Waals surface area (Å²) in [5, 5.41) is 11.6. The summed E-state index contributed by atoms with van der Waals surface area (Å²) in [7, 11) is 0. The Hall–Kier alpha value is -1.28. The fraction of sp³-hybridized carbons (Fsp3) is 0.500. The number of benzene rings is 1. The van der Waals surface area contributed by atoms with Crippen molar-refractivity contribution in [3.63, 3.8) is 0 Å². The van der Waals surface area contributed by atoms with Crippen LogP contribution in [0.15, 0.2) is 30.5 Å². The van der Waals surface area contributed by atoms with E-state index < -0.39 is 5.60 Å². The molecule has 96 valence electrons. The van der Waals surface area contributed by atoms with Crippen molar-refractivity contribution in [2.24, 2.45) is 0 Å². The number of aliphatic hydroxyl groups is 1. The van der Waals surface area contributed by atoms with Gasteiger partial charge in [0, 0.05) is 17.8 Å². The molecule has 1 aromatic heterocycles. The zero-order chi connectivity index (χ0) is 12.8. The molecule has 2 heteroatoms. The second-order valence-electron chi connectivity index (χ2n) is 5.96. The molecule has 0 saturated heterocycles. The van der Waals surface area contributed by atoms with Crippen molar-refractivity contribution in [3.05, 3.63) is 36.0 Å². The number of nitrogens with zero attached hydrogens (tertiary/aromatic N) is 1. The Bertz CT molecular complexity index is 556. The molecule has 1 aromatic carbocycles. The van der Waals surface area contributed by atoms with Crippen molar-refractivity contribution in [1.82, 2.24) is 4.57 Å². The minimum absolute atomic E-state index is 0.617. The average Bonchev–Trinajstić information content (AvgIpc) is 2.95. The number of rotatable bonds is 2. The van der Waals surface area contributed by atoms with Gasteiger partial charge in [-0.15, -0.1) is 0 Å². The summed E-state index contributed by atoms with van der Waals surface area (Å²) in [5.74, 6) is 0. The summed E-state index contributed by atoms with van der Waals surface area (Å²) < 4.78 is 2.38. The lowest BCUT2D eigenvalue weighted by Gasteiger charge is -2.22. The highest BCUT2D eigenvalue weighted by molar-refractivity contribution is 5.84. The molecule has 0 bridgehead atoms. The van der Waals surface area contributed by atoms with Crippen molar-refractivity contribution in [3.8, 4) is 0 Å². The second-order valence-corrected chi connectivity index (χ2v) is 5.96. The lowest BCUT2D eigenvalue weighted by atomic mass is 9.96. The van der Waals surface area contributed by atoms with E-state index in [1.165, 1.54) is 36.6 Å². The fourth-order valence-corrected chi connectivity index (χ4v) is 3.20. The number of hydrogen-bond acceptors (Lipinski definition) is 1. The van der Waals surface area contributed by atoms with E-state index in [0.717, 1.165) is 5.56 Å². The van der Waals surface area contributed by atoms with Crippen LogP contribution in [0.1, 0.15) is 51.1 Å². The average molecular weight is 243 g/mol. The van der Waals surface area contributed by atoms with Crippen LogP contribution in [-0.2, 0) is 5.60 Å². The largest absolute Gasteiger partial charge is 0.386 e. The third-order valence-electron chi connectivity index (χ3n) is 4.12. The zero-order valence-corrected chi connectivity index (χ0v) is 11.2. The molecular formula is C16H21NO. The molecular weight excluding hydrogens is 222 g/mol. The number of aromatic nitrogens is 1. The van der Waals surface area contributed by atoms with Crippen LogP contribution in [0.4, 0.5) is 0 Å². The Morgan fingerprint density at radius 2 is 1.89 bits per heavy atom. The van der Waals surface area contributed by atoms with Crippen LogP contribution in [0, 0.1) is 0 Å². The summed E-state index contributed by atoms with van der Waals surface area (Å²) in [6.07, 6.45) is 7.38. The molecule has 0 spiro atoms. The number of para-hydroxylation sites is 1. The van der Waals surface area contributed by atoms with Crippen LogP contribution in [0.3, 0.4) is 0 Å². The third-order valence-corrected chi connectivity index (χ3v) is 4.12. The van der Waals surface area contributed by atoms with Gasteiger partial charge in [0.2, 0.25) is 0 Å². The van der Waals surface area contributed by atoms with Gasteiger partial charge in [-0.1, -0.05) is 31.0 Å². The Morgan fingerprint density at radius 1 is 1.17 bits per heavy atom. The summed E-state index contributed by atoms with van der Waals surface area (Å²) >= 11 is 0. The highest BCUT2D eigenvalue weighted by Gasteiger charge is 2.24.